The highest BCUT2D eigenvalue weighted by atomic mass is 79.9. The molecule has 86 valence electrons. The third-order valence-corrected chi connectivity index (χ3v) is 2.93. The number of ketones is 1. The van der Waals surface area contributed by atoms with E-state index in [0.29, 0.717) is 17.3 Å². The van der Waals surface area contributed by atoms with Gasteiger partial charge in [-0.3, -0.25) is 4.79 Å². The lowest BCUT2D eigenvalue weighted by atomic mass is 10.0. The monoisotopic (exact) mass is 284 g/mol. The molecular formula is C12H13BrO3. The van der Waals surface area contributed by atoms with Crippen molar-refractivity contribution >= 4 is 27.7 Å². The lowest BCUT2D eigenvalue weighted by Gasteiger charge is -2.06. The molecule has 0 saturated heterocycles. The number of esters is 1. The highest BCUT2D eigenvalue weighted by Gasteiger charge is 2.10. The SMILES string of the molecule is COC(=O)c1ccc(C)c(CC(=O)CBr)c1. The summed E-state index contributed by atoms with van der Waals surface area (Å²) in [6, 6.07) is 5.23. The molecule has 0 aliphatic carbocycles. The van der Waals surface area contributed by atoms with Crippen LogP contribution in [0.4, 0.5) is 0 Å². The van der Waals surface area contributed by atoms with Crippen LogP contribution in [0.2, 0.25) is 0 Å². The molecule has 0 saturated carbocycles. The maximum Gasteiger partial charge on any atom is 0.337 e. The molecular weight excluding hydrogens is 272 g/mol. The number of hydrogen-bond acceptors (Lipinski definition) is 3. The van der Waals surface area contributed by atoms with Gasteiger partial charge in [-0.2, -0.15) is 0 Å². The molecule has 1 aromatic rings. The van der Waals surface area contributed by atoms with E-state index in [1.807, 2.05) is 13.0 Å². The van der Waals surface area contributed by atoms with Crippen LogP contribution in [-0.4, -0.2) is 24.2 Å². The third kappa shape index (κ3) is 3.17. The van der Waals surface area contributed by atoms with Crippen LogP contribution in [0.25, 0.3) is 0 Å². The number of methoxy groups -OCH3 is 1. The van der Waals surface area contributed by atoms with Crippen LogP contribution in [0.3, 0.4) is 0 Å². The molecule has 0 radical (unpaired) electrons. The van der Waals surface area contributed by atoms with Gasteiger partial charge in [-0.25, -0.2) is 4.79 Å². The molecule has 0 aliphatic rings. The van der Waals surface area contributed by atoms with Gasteiger partial charge in [0.1, 0.15) is 5.78 Å². The van der Waals surface area contributed by atoms with Crippen LogP contribution in [0.15, 0.2) is 18.2 Å². The summed E-state index contributed by atoms with van der Waals surface area (Å²) in [5.41, 5.74) is 2.35. The molecule has 3 nitrogen and oxygen atoms in total. The van der Waals surface area contributed by atoms with Gasteiger partial charge < -0.3 is 4.74 Å². The molecule has 16 heavy (non-hydrogen) atoms. The Bertz CT molecular complexity index is 413. The number of carbonyl (C=O) groups is 2. The molecule has 0 heterocycles. The Morgan fingerprint density at radius 1 is 1.38 bits per heavy atom. The number of ether oxygens (including phenoxy) is 1. The molecule has 1 aromatic carbocycles. The first-order valence-corrected chi connectivity index (χ1v) is 5.96. The Hall–Kier alpha value is -1.16. The minimum absolute atomic E-state index is 0.0881. The molecule has 0 spiro atoms. The van der Waals surface area contributed by atoms with Crippen molar-refractivity contribution in [3.05, 3.63) is 34.9 Å². The Kier molecular flexibility index (Phi) is 4.68. The van der Waals surface area contributed by atoms with Crippen molar-refractivity contribution in [3.63, 3.8) is 0 Å². The summed E-state index contributed by atoms with van der Waals surface area (Å²) in [5.74, 6) is -0.294. The standard InChI is InChI=1S/C12H13BrO3/c1-8-3-4-9(12(15)16-2)5-10(8)6-11(14)7-13/h3-5H,6-7H2,1-2H3. The van der Waals surface area contributed by atoms with Crippen molar-refractivity contribution in [3.8, 4) is 0 Å². The molecule has 4 heteroatoms. The summed E-state index contributed by atoms with van der Waals surface area (Å²) in [7, 11) is 1.34. The average Bonchev–Trinajstić information content (AvgIpc) is 2.30. The lowest BCUT2D eigenvalue weighted by Crippen LogP contribution is -2.07. The maximum absolute atomic E-state index is 11.3. The van der Waals surface area contributed by atoms with Crippen molar-refractivity contribution in [2.75, 3.05) is 12.4 Å². The largest absolute Gasteiger partial charge is 0.465 e. The second-order valence-corrected chi connectivity index (χ2v) is 4.04. The summed E-state index contributed by atoms with van der Waals surface area (Å²) in [6.07, 6.45) is 0.335. The van der Waals surface area contributed by atoms with Crippen LogP contribution in [0.1, 0.15) is 21.5 Å². The fourth-order valence-corrected chi connectivity index (χ4v) is 1.56. The number of hydrogen-bond donors (Lipinski definition) is 0. The quantitative estimate of drug-likeness (QED) is 0.629. The molecule has 0 bridgehead atoms. The minimum atomic E-state index is -0.382. The van der Waals surface area contributed by atoms with Crippen molar-refractivity contribution < 1.29 is 14.3 Å². The Labute approximate surface area is 103 Å². The van der Waals surface area contributed by atoms with Crippen LogP contribution < -0.4 is 0 Å². The molecule has 0 unspecified atom stereocenters. The van der Waals surface area contributed by atoms with Gasteiger partial charge in [-0.15, -0.1) is 0 Å². The van der Waals surface area contributed by atoms with E-state index in [1.54, 1.807) is 12.1 Å². The molecule has 0 aliphatic heterocycles. The van der Waals surface area contributed by atoms with Gasteiger partial charge >= 0.3 is 5.97 Å². The zero-order chi connectivity index (χ0) is 12.1. The fraction of sp³-hybridized carbons (Fsp3) is 0.333. The van der Waals surface area contributed by atoms with E-state index >= 15 is 0 Å². The first-order chi connectivity index (χ1) is 7.58. The van der Waals surface area contributed by atoms with Gasteiger partial charge in [0.15, 0.2) is 0 Å². The molecule has 0 atom stereocenters. The first-order valence-electron chi connectivity index (χ1n) is 4.84. The third-order valence-electron chi connectivity index (χ3n) is 2.31. The van der Waals surface area contributed by atoms with E-state index in [1.165, 1.54) is 7.11 Å². The highest BCUT2D eigenvalue weighted by molar-refractivity contribution is 9.09. The zero-order valence-corrected chi connectivity index (χ0v) is 10.8. The molecule has 0 fully saturated rings. The normalized spacial score (nSPS) is 9.94. The van der Waals surface area contributed by atoms with Gasteiger partial charge in [0.2, 0.25) is 0 Å². The summed E-state index contributed by atoms with van der Waals surface area (Å²) in [4.78, 5) is 22.6. The fourth-order valence-electron chi connectivity index (χ4n) is 1.37. The van der Waals surface area contributed by atoms with Crippen molar-refractivity contribution in [1.29, 1.82) is 0 Å². The number of aryl methyl sites for hydroxylation is 1. The Morgan fingerprint density at radius 2 is 2.06 bits per heavy atom. The highest BCUT2D eigenvalue weighted by Crippen LogP contribution is 2.13. The number of alkyl halides is 1. The van der Waals surface area contributed by atoms with E-state index in [9.17, 15) is 9.59 Å². The van der Waals surface area contributed by atoms with E-state index in [-0.39, 0.29) is 11.8 Å². The van der Waals surface area contributed by atoms with Crippen molar-refractivity contribution in [1.82, 2.24) is 0 Å². The summed E-state index contributed by atoms with van der Waals surface area (Å²) >= 11 is 3.12. The summed E-state index contributed by atoms with van der Waals surface area (Å²) < 4.78 is 4.63. The number of rotatable bonds is 4. The average molecular weight is 285 g/mol. The second kappa shape index (κ2) is 5.80. The zero-order valence-electron chi connectivity index (χ0n) is 9.25. The van der Waals surface area contributed by atoms with Gasteiger partial charge in [0, 0.05) is 6.42 Å². The molecule has 0 aromatic heterocycles. The minimum Gasteiger partial charge on any atom is -0.465 e. The molecule has 1 rings (SSSR count). The van der Waals surface area contributed by atoms with Gasteiger partial charge in [0.05, 0.1) is 18.0 Å². The van der Waals surface area contributed by atoms with Crippen LogP contribution >= 0.6 is 15.9 Å². The number of carbonyl (C=O) groups excluding carboxylic acids is 2. The van der Waals surface area contributed by atoms with E-state index in [2.05, 4.69) is 20.7 Å². The van der Waals surface area contributed by atoms with Gasteiger partial charge in [0.25, 0.3) is 0 Å². The van der Waals surface area contributed by atoms with E-state index < -0.39 is 0 Å². The van der Waals surface area contributed by atoms with Crippen LogP contribution in [0, 0.1) is 6.92 Å². The topological polar surface area (TPSA) is 43.4 Å². The number of benzene rings is 1. The van der Waals surface area contributed by atoms with Crippen LogP contribution in [0.5, 0.6) is 0 Å². The van der Waals surface area contributed by atoms with Crippen LogP contribution in [-0.2, 0) is 16.0 Å². The second-order valence-electron chi connectivity index (χ2n) is 3.48. The Morgan fingerprint density at radius 3 is 2.62 bits per heavy atom. The maximum atomic E-state index is 11.3. The summed E-state index contributed by atoms with van der Waals surface area (Å²) in [6.45, 7) is 1.91. The molecule has 0 amide bonds. The lowest BCUT2D eigenvalue weighted by molar-refractivity contribution is -0.115. The smallest absolute Gasteiger partial charge is 0.337 e. The van der Waals surface area contributed by atoms with Gasteiger partial charge in [-0.05, 0) is 30.2 Å². The number of Topliss-reactive ketones (excluding diaryl/α,β-unsaturated/α-hetero) is 1. The number of halogens is 1. The molecule has 0 N–H and O–H groups in total. The van der Waals surface area contributed by atoms with E-state index in [0.717, 1.165) is 11.1 Å². The van der Waals surface area contributed by atoms with Crippen molar-refractivity contribution in [2.24, 2.45) is 0 Å². The van der Waals surface area contributed by atoms with Gasteiger partial charge in [-0.1, -0.05) is 22.0 Å². The summed E-state index contributed by atoms with van der Waals surface area (Å²) in [5, 5.41) is 0.328. The predicted molar refractivity (Wildman–Crippen MR) is 65.0 cm³/mol. The first kappa shape index (κ1) is 12.9. The van der Waals surface area contributed by atoms with Crippen molar-refractivity contribution in [2.45, 2.75) is 13.3 Å². The van der Waals surface area contributed by atoms with E-state index in [4.69, 9.17) is 0 Å². The predicted octanol–water partition coefficient (Wildman–Crippen LogP) is 2.29. The Balaban J connectivity index is 2.99.